The first-order chi connectivity index (χ1) is 9.60. The number of aromatic nitrogens is 2. The Hall–Kier alpha value is -1.69. The van der Waals surface area contributed by atoms with Gasteiger partial charge in [-0.2, -0.15) is 0 Å². The third-order valence-electron chi connectivity index (χ3n) is 3.56. The van der Waals surface area contributed by atoms with Gasteiger partial charge in [0.2, 0.25) is 0 Å². The molecule has 3 rings (SSSR count). The zero-order chi connectivity index (χ0) is 14.3. The molecule has 0 aromatic carbocycles. The van der Waals surface area contributed by atoms with Gasteiger partial charge in [-0.25, -0.2) is 4.98 Å². The molecular formula is C14H17N3O2S. The van der Waals surface area contributed by atoms with Crippen molar-refractivity contribution in [1.29, 1.82) is 0 Å². The van der Waals surface area contributed by atoms with Crippen molar-refractivity contribution in [3.05, 3.63) is 27.1 Å². The molecule has 106 valence electrons. The first-order valence-corrected chi connectivity index (χ1v) is 7.71. The number of H-pyrrole nitrogens is 1. The monoisotopic (exact) mass is 291 g/mol. The van der Waals surface area contributed by atoms with Gasteiger partial charge in [0, 0.05) is 6.42 Å². The van der Waals surface area contributed by atoms with Crippen LogP contribution >= 0.6 is 11.3 Å². The van der Waals surface area contributed by atoms with Crippen LogP contribution in [0.25, 0.3) is 10.2 Å². The van der Waals surface area contributed by atoms with E-state index in [2.05, 4.69) is 29.0 Å². The summed E-state index contributed by atoms with van der Waals surface area (Å²) in [6.45, 7) is 6.20. The van der Waals surface area contributed by atoms with Gasteiger partial charge in [-0.15, -0.1) is 11.3 Å². The van der Waals surface area contributed by atoms with Gasteiger partial charge in [-0.05, 0) is 23.3 Å². The van der Waals surface area contributed by atoms with E-state index in [-0.39, 0.29) is 11.7 Å². The molecule has 1 aliphatic rings. The van der Waals surface area contributed by atoms with Gasteiger partial charge in [0.25, 0.3) is 5.56 Å². The number of aromatic amines is 1. The van der Waals surface area contributed by atoms with Crippen LogP contribution < -0.4 is 5.56 Å². The van der Waals surface area contributed by atoms with Crippen molar-refractivity contribution in [2.24, 2.45) is 5.16 Å². The van der Waals surface area contributed by atoms with Gasteiger partial charge in [0.15, 0.2) is 11.9 Å². The molecule has 0 saturated carbocycles. The zero-order valence-electron chi connectivity index (χ0n) is 11.8. The standard InChI is InChI=1S/C14H17N3O2S/c1-4-8-5-10(19-17-8)12-15-13(18)11-9(7(2)3)6-20-14(11)16-12/h6-7,10H,4-5H2,1-3H3,(H,15,16,18). The van der Waals surface area contributed by atoms with Gasteiger partial charge in [-0.3, -0.25) is 4.79 Å². The molecule has 2 aromatic rings. The number of rotatable bonds is 3. The summed E-state index contributed by atoms with van der Waals surface area (Å²) in [6.07, 6.45) is 1.30. The molecule has 0 bridgehead atoms. The van der Waals surface area contributed by atoms with E-state index in [0.717, 1.165) is 22.5 Å². The van der Waals surface area contributed by atoms with E-state index in [1.54, 1.807) is 0 Å². The predicted octanol–water partition coefficient (Wildman–Crippen LogP) is 3.34. The number of hydrogen-bond donors (Lipinski definition) is 1. The Kier molecular flexibility index (Phi) is 3.33. The second kappa shape index (κ2) is 5.01. The Morgan fingerprint density at radius 2 is 2.35 bits per heavy atom. The Morgan fingerprint density at radius 3 is 3.00 bits per heavy atom. The van der Waals surface area contributed by atoms with Crippen molar-refractivity contribution in [3.63, 3.8) is 0 Å². The third kappa shape index (κ3) is 2.14. The van der Waals surface area contributed by atoms with Gasteiger partial charge >= 0.3 is 0 Å². The summed E-state index contributed by atoms with van der Waals surface area (Å²) in [5.41, 5.74) is 1.98. The van der Waals surface area contributed by atoms with E-state index in [4.69, 9.17) is 4.84 Å². The molecule has 1 atom stereocenters. The minimum Gasteiger partial charge on any atom is -0.384 e. The smallest absolute Gasteiger partial charge is 0.260 e. The summed E-state index contributed by atoms with van der Waals surface area (Å²) < 4.78 is 0. The van der Waals surface area contributed by atoms with E-state index in [0.29, 0.717) is 23.5 Å². The number of fused-ring (bicyclic) bond motifs is 1. The highest BCUT2D eigenvalue weighted by Gasteiger charge is 2.25. The normalized spacial score (nSPS) is 18.6. The van der Waals surface area contributed by atoms with E-state index < -0.39 is 0 Å². The van der Waals surface area contributed by atoms with Crippen LogP contribution in [-0.4, -0.2) is 15.7 Å². The maximum atomic E-state index is 12.3. The summed E-state index contributed by atoms with van der Waals surface area (Å²) in [5, 5.41) is 6.74. The van der Waals surface area contributed by atoms with Gasteiger partial charge in [-0.1, -0.05) is 25.9 Å². The van der Waals surface area contributed by atoms with Crippen molar-refractivity contribution >= 4 is 27.3 Å². The van der Waals surface area contributed by atoms with Crippen LogP contribution in [0.2, 0.25) is 0 Å². The summed E-state index contributed by atoms with van der Waals surface area (Å²) >= 11 is 1.51. The fraction of sp³-hybridized carbons (Fsp3) is 0.500. The lowest BCUT2D eigenvalue weighted by molar-refractivity contribution is 0.0792. The molecule has 1 N–H and O–H groups in total. The average Bonchev–Trinajstić information content (AvgIpc) is 3.05. The van der Waals surface area contributed by atoms with E-state index in [9.17, 15) is 4.79 Å². The van der Waals surface area contributed by atoms with Crippen LogP contribution in [0.15, 0.2) is 15.3 Å². The molecule has 0 saturated heterocycles. The summed E-state index contributed by atoms with van der Waals surface area (Å²) in [4.78, 5) is 25.9. The molecule has 0 radical (unpaired) electrons. The van der Waals surface area contributed by atoms with Gasteiger partial charge < -0.3 is 9.82 Å². The van der Waals surface area contributed by atoms with Crippen LogP contribution in [0.4, 0.5) is 0 Å². The average molecular weight is 291 g/mol. The Bertz CT molecular complexity index is 730. The SMILES string of the molecule is CCC1=NOC(c2nc3scc(C(C)C)c3c(=O)[nH]2)C1. The summed E-state index contributed by atoms with van der Waals surface area (Å²) in [6, 6.07) is 0. The van der Waals surface area contributed by atoms with Crippen molar-refractivity contribution in [3.8, 4) is 0 Å². The van der Waals surface area contributed by atoms with Gasteiger partial charge in [0.1, 0.15) is 4.83 Å². The first-order valence-electron chi connectivity index (χ1n) is 6.83. The number of hydrogen-bond acceptors (Lipinski definition) is 5. The molecule has 0 amide bonds. The second-order valence-corrected chi connectivity index (χ2v) is 6.14. The fourth-order valence-corrected chi connectivity index (χ4v) is 3.45. The number of thiophene rings is 1. The molecule has 2 aromatic heterocycles. The number of nitrogens with one attached hydrogen (secondary N) is 1. The molecular weight excluding hydrogens is 274 g/mol. The second-order valence-electron chi connectivity index (χ2n) is 5.29. The van der Waals surface area contributed by atoms with Crippen LogP contribution in [0.5, 0.6) is 0 Å². The topological polar surface area (TPSA) is 67.3 Å². The predicted molar refractivity (Wildman–Crippen MR) is 80.5 cm³/mol. The highest BCUT2D eigenvalue weighted by Crippen LogP contribution is 2.30. The molecule has 0 aliphatic carbocycles. The van der Waals surface area contributed by atoms with Crippen LogP contribution in [-0.2, 0) is 4.84 Å². The Balaban J connectivity index is 2.02. The number of oxime groups is 1. The maximum absolute atomic E-state index is 12.3. The van der Waals surface area contributed by atoms with Crippen molar-refractivity contribution < 1.29 is 4.84 Å². The van der Waals surface area contributed by atoms with Crippen molar-refractivity contribution in [1.82, 2.24) is 9.97 Å². The number of nitrogens with zero attached hydrogens (tertiary/aromatic N) is 2. The third-order valence-corrected chi connectivity index (χ3v) is 4.45. The van der Waals surface area contributed by atoms with Crippen LogP contribution in [0.1, 0.15) is 57.0 Å². The first kappa shape index (κ1) is 13.3. The highest BCUT2D eigenvalue weighted by molar-refractivity contribution is 7.16. The maximum Gasteiger partial charge on any atom is 0.260 e. The molecule has 1 aliphatic heterocycles. The summed E-state index contributed by atoms with van der Waals surface area (Å²) in [7, 11) is 0. The molecule has 0 fully saturated rings. The van der Waals surface area contributed by atoms with Crippen LogP contribution in [0, 0.1) is 0 Å². The lowest BCUT2D eigenvalue weighted by Crippen LogP contribution is -2.15. The van der Waals surface area contributed by atoms with Crippen LogP contribution in [0.3, 0.4) is 0 Å². The largest absolute Gasteiger partial charge is 0.384 e. The lowest BCUT2D eigenvalue weighted by Gasteiger charge is -2.07. The zero-order valence-corrected chi connectivity index (χ0v) is 12.6. The molecule has 1 unspecified atom stereocenters. The Labute approximate surface area is 120 Å². The van der Waals surface area contributed by atoms with Crippen molar-refractivity contribution in [2.75, 3.05) is 0 Å². The molecule has 6 heteroatoms. The quantitative estimate of drug-likeness (QED) is 0.943. The van der Waals surface area contributed by atoms with E-state index in [1.807, 2.05) is 12.3 Å². The minimum atomic E-state index is -0.258. The van der Waals surface area contributed by atoms with Gasteiger partial charge in [0.05, 0.1) is 11.1 Å². The highest BCUT2D eigenvalue weighted by atomic mass is 32.1. The molecule has 3 heterocycles. The Morgan fingerprint density at radius 1 is 1.55 bits per heavy atom. The van der Waals surface area contributed by atoms with E-state index in [1.165, 1.54) is 11.3 Å². The van der Waals surface area contributed by atoms with E-state index >= 15 is 0 Å². The molecule has 0 spiro atoms. The summed E-state index contributed by atoms with van der Waals surface area (Å²) in [5.74, 6) is 0.891. The van der Waals surface area contributed by atoms with Crippen molar-refractivity contribution in [2.45, 2.75) is 45.6 Å². The molecule has 20 heavy (non-hydrogen) atoms. The fourth-order valence-electron chi connectivity index (χ4n) is 2.35. The molecule has 5 nitrogen and oxygen atoms in total. The lowest BCUT2D eigenvalue weighted by atomic mass is 10.0. The minimum absolute atomic E-state index is 0.0801.